The van der Waals surface area contributed by atoms with E-state index in [0.717, 1.165) is 24.8 Å². The lowest BCUT2D eigenvalue weighted by molar-refractivity contribution is 0.0827. The maximum absolute atomic E-state index is 13.4. The lowest BCUT2D eigenvalue weighted by Gasteiger charge is -2.13. The zero-order valence-corrected chi connectivity index (χ0v) is 19.2. The highest BCUT2D eigenvalue weighted by atomic mass is 16.3. The number of nitrogens with zero attached hydrogens (tertiary/aromatic N) is 5. The molecule has 0 atom stereocenters. The van der Waals surface area contributed by atoms with Crippen molar-refractivity contribution in [1.82, 2.24) is 23.6 Å². The maximum Gasteiger partial charge on any atom is 0.333 e. The molecule has 3 aromatic rings. The quantitative estimate of drug-likeness (QED) is 0.546. The molecule has 2 aromatic heterocycles. The van der Waals surface area contributed by atoms with E-state index < -0.39 is 11.2 Å². The minimum Gasteiger partial charge on any atom is -0.388 e. The van der Waals surface area contributed by atoms with E-state index in [1.54, 1.807) is 42.9 Å². The molecule has 2 heterocycles. The van der Waals surface area contributed by atoms with Crippen molar-refractivity contribution in [2.45, 2.75) is 59.4 Å². The minimum atomic E-state index is -0.424. The van der Waals surface area contributed by atoms with Gasteiger partial charge in [-0.2, -0.15) is 0 Å². The number of benzene rings is 1. The number of hydrogen-bond donors (Lipinski definition) is 1. The Morgan fingerprint density at radius 2 is 1.69 bits per heavy atom. The van der Waals surface area contributed by atoms with E-state index in [4.69, 9.17) is 0 Å². The summed E-state index contributed by atoms with van der Waals surface area (Å²) in [5, 5.41) is 9.78. The Balaban J connectivity index is 2.16. The number of aryl methyl sites for hydroxylation is 2. The van der Waals surface area contributed by atoms with E-state index in [1.807, 2.05) is 13.8 Å². The van der Waals surface area contributed by atoms with Gasteiger partial charge in [0, 0.05) is 32.7 Å². The first kappa shape index (κ1) is 23.5. The summed E-state index contributed by atoms with van der Waals surface area (Å²) in [5.74, 6) is 0.268. The second kappa shape index (κ2) is 9.95. The lowest BCUT2D eigenvalue weighted by atomic mass is 10.1. The Morgan fingerprint density at radius 1 is 1.00 bits per heavy atom. The fourth-order valence-corrected chi connectivity index (χ4v) is 3.77. The highest BCUT2D eigenvalue weighted by molar-refractivity contribution is 5.93. The first-order chi connectivity index (χ1) is 15.3. The standard InChI is InChI=1S/C23H31N5O4/c1-5-7-13-27-20-19(26(12-6-2)18(15-29)24-20)22(31)28(23(27)32)14-16-8-10-17(11-9-16)21(30)25(3)4/h8-11,29H,5-7,12-15H2,1-4H3. The van der Waals surface area contributed by atoms with Crippen molar-refractivity contribution in [3.8, 4) is 0 Å². The van der Waals surface area contributed by atoms with Crippen molar-refractivity contribution in [1.29, 1.82) is 0 Å². The molecule has 0 unspecified atom stereocenters. The van der Waals surface area contributed by atoms with Gasteiger partial charge >= 0.3 is 5.69 Å². The number of unbranched alkanes of at least 4 members (excludes halogenated alkanes) is 1. The van der Waals surface area contributed by atoms with Gasteiger partial charge in [-0.3, -0.25) is 18.7 Å². The van der Waals surface area contributed by atoms with Crippen LogP contribution in [0.1, 0.15) is 54.9 Å². The van der Waals surface area contributed by atoms with Gasteiger partial charge in [-0.15, -0.1) is 0 Å². The number of carbonyl (C=O) groups excluding carboxylic acids is 1. The summed E-state index contributed by atoms with van der Waals surface area (Å²) in [6, 6.07) is 6.90. The van der Waals surface area contributed by atoms with Crippen molar-refractivity contribution >= 4 is 17.1 Å². The minimum absolute atomic E-state index is 0.0852. The topological polar surface area (TPSA) is 102 Å². The molecule has 0 radical (unpaired) electrons. The molecule has 0 fully saturated rings. The molecular formula is C23H31N5O4. The lowest BCUT2D eigenvalue weighted by Crippen LogP contribution is -2.41. The molecule has 9 nitrogen and oxygen atoms in total. The van der Waals surface area contributed by atoms with Gasteiger partial charge < -0.3 is 14.6 Å². The summed E-state index contributed by atoms with van der Waals surface area (Å²) in [6.07, 6.45) is 2.41. The molecule has 1 N–H and O–H groups in total. The Kier molecular flexibility index (Phi) is 7.29. The molecule has 9 heteroatoms. The molecular weight excluding hydrogens is 410 g/mol. The zero-order chi connectivity index (χ0) is 23.4. The zero-order valence-electron chi connectivity index (χ0n) is 19.2. The maximum atomic E-state index is 13.4. The summed E-state index contributed by atoms with van der Waals surface area (Å²) in [5.41, 5.74) is 1.10. The first-order valence-electron chi connectivity index (χ1n) is 11.0. The van der Waals surface area contributed by atoms with Crippen molar-refractivity contribution in [3.63, 3.8) is 0 Å². The Labute approximate surface area is 186 Å². The van der Waals surface area contributed by atoms with Gasteiger partial charge in [-0.25, -0.2) is 9.78 Å². The van der Waals surface area contributed by atoms with Crippen LogP contribution in [0.15, 0.2) is 33.9 Å². The number of aliphatic hydroxyl groups is 1. The van der Waals surface area contributed by atoms with Gasteiger partial charge in [0.05, 0.1) is 6.54 Å². The van der Waals surface area contributed by atoms with E-state index in [9.17, 15) is 19.5 Å². The van der Waals surface area contributed by atoms with Crippen LogP contribution in [0.25, 0.3) is 11.2 Å². The Bertz CT molecular complexity index is 1220. The summed E-state index contributed by atoms with van der Waals surface area (Å²) in [4.78, 5) is 44.8. The van der Waals surface area contributed by atoms with Crippen LogP contribution in [0.3, 0.4) is 0 Å². The van der Waals surface area contributed by atoms with E-state index in [-0.39, 0.29) is 19.1 Å². The van der Waals surface area contributed by atoms with Crippen LogP contribution in [-0.4, -0.2) is 48.7 Å². The van der Waals surface area contributed by atoms with Gasteiger partial charge in [-0.1, -0.05) is 32.4 Å². The number of fused-ring (bicyclic) bond motifs is 1. The summed E-state index contributed by atoms with van der Waals surface area (Å²) in [7, 11) is 3.37. The number of rotatable bonds is 9. The smallest absolute Gasteiger partial charge is 0.333 e. The second-order valence-corrected chi connectivity index (χ2v) is 8.09. The van der Waals surface area contributed by atoms with Crippen LogP contribution < -0.4 is 11.2 Å². The van der Waals surface area contributed by atoms with Gasteiger partial charge in [-0.05, 0) is 30.5 Å². The molecule has 0 spiro atoms. The monoisotopic (exact) mass is 441 g/mol. The van der Waals surface area contributed by atoms with E-state index >= 15 is 0 Å². The number of aromatic nitrogens is 4. The third-order valence-corrected chi connectivity index (χ3v) is 5.47. The molecule has 172 valence electrons. The molecule has 3 rings (SSSR count). The SMILES string of the molecule is CCCCn1c(=O)n(Cc2ccc(C(=O)N(C)C)cc2)c(=O)c2c1nc(CO)n2CCC. The molecule has 0 aliphatic heterocycles. The van der Waals surface area contributed by atoms with Crippen LogP contribution in [-0.2, 0) is 26.2 Å². The molecule has 0 aliphatic rings. The van der Waals surface area contributed by atoms with E-state index in [1.165, 1.54) is 14.0 Å². The Hall–Kier alpha value is -3.20. The number of carbonyl (C=O) groups is 1. The third-order valence-electron chi connectivity index (χ3n) is 5.47. The van der Waals surface area contributed by atoms with Crippen molar-refractivity contribution in [2.75, 3.05) is 14.1 Å². The summed E-state index contributed by atoms with van der Waals surface area (Å²) < 4.78 is 4.47. The van der Waals surface area contributed by atoms with E-state index in [2.05, 4.69) is 4.98 Å². The van der Waals surface area contributed by atoms with Gasteiger partial charge in [0.25, 0.3) is 11.5 Å². The van der Waals surface area contributed by atoms with Gasteiger partial charge in [0.15, 0.2) is 11.2 Å². The van der Waals surface area contributed by atoms with Crippen LogP contribution >= 0.6 is 0 Å². The van der Waals surface area contributed by atoms with Crippen LogP contribution in [0.5, 0.6) is 0 Å². The Morgan fingerprint density at radius 3 is 2.25 bits per heavy atom. The number of hydrogen-bond acceptors (Lipinski definition) is 5. The summed E-state index contributed by atoms with van der Waals surface area (Å²) >= 11 is 0. The highest BCUT2D eigenvalue weighted by Gasteiger charge is 2.21. The molecule has 0 saturated carbocycles. The molecule has 32 heavy (non-hydrogen) atoms. The first-order valence-corrected chi connectivity index (χ1v) is 11.0. The predicted molar refractivity (Wildman–Crippen MR) is 123 cm³/mol. The second-order valence-electron chi connectivity index (χ2n) is 8.09. The molecule has 0 saturated heterocycles. The number of amides is 1. The number of aliphatic hydroxyl groups excluding tert-OH is 1. The largest absolute Gasteiger partial charge is 0.388 e. The van der Waals surface area contributed by atoms with Crippen molar-refractivity contribution in [2.24, 2.45) is 0 Å². The predicted octanol–water partition coefficient (Wildman–Crippen LogP) is 1.81. The van der Waals surface area contributed by atoms with Crippen molar-refractivity contribution in [3.05, 3.63) is 62.1 Å². The van der Waals surface area contributed by atoms with Gasteiger partial charge in [0.2, 0.25) is 0 Å². The normalized spacial score (nSPS) is 11.3. The van der Waals surface area contributed by atoms with Crippen LogP contribution in [0, 0.1) is 0 Å². The van der Waals surface area contributed by atoms with Crippen molar-refractivity contribution < 1.29 is 9.90 Å². The third kappa shape index (κ3) is 4.38. The van der Waals surface area contributed by atoms with Crippen LogP contribution in [0.4, 0.5) is 0 Å². The van der Waals surface area contributed by atoms with Crippen LogP contribution in [0.2, 0.25) is 0 Å². The molecule has 0 aliphatic carbocycles. The average Bonchev–Trinajstić information content (AvgIpc) is 3.15. The summed E-state index contributed by atoms with van der Waals surface area (Å²) in [6.45, 7) is 4.75. The fraction of sp³-hybridized carbons (Fsp3) is 0.478. The number of imidazole rings is 1. The fourth-order valence-electron chi connectivity index (χ4n) is 3.77. The highest BCUT2D eigenvalue weighted by Crippen LogP contribution is 2.14. The van der Waals surface area contributed by atoms with E-state index in [0.29, 0.717) is 35.6 Å². The molecule has 1 aromatic carbocycles. The average molecular weight is 442 g/mol. The van der Waals surface area contributed by atoms with Gasteiger partial charge in [0.1, 0.15) is 12.4 Å². The molecule has 1 amide bonds. The molecule has 0 bridgehead atoms.